The fraction of sp³-hybridized carbons (Fsp3) is 1.00. The average Bonchev–Trinajstić information content (AvgIpc) is 1.77. The van der Waals surface area contributed by atoms with Crippen molar-refractivity contribution in [2.24, 2.45) is 5.92 Å². The number of hydrogen-bond acceptors (Lipinski definition) is 2. The van der Waals surface area contributed by atoms with E-state index in [1.165, 1.54) is 19.6 Å². The normalized spacial score (nSPS) is 21.6. The van der Waals surface area contributed by atoms with Gasteiger partial charge in [-0.2, -0.15) is 0 Å². The number of nitrogens with one attached hydrogen (secondary N) is 1. The highest BCUT2D eigenvalue weighted by atomic mass is 15.2. The zero-order chi connectivity index (χ0) is 7.56. The van der Waals surface area contributed by atoms with Gasteiger partial charge >= 0.3 is 0 Å². The Hall–Kier alpha value is -0.0800. The van der Waals surface area contributed by atoms with Crippen LogP contribution in [0, 0.1) is 5.92 Å². The minimum Gasteiger partial charge on any atom is -0.314 e. The van der Waals surface area contributed by atoms with Crippen LogP contribution in [0.1, 0.15) is 13.8 Å². The van der Waals surface area contributed by atoms with Crippen molar-refractivity contribution in [3.63, 3.8) is 0 Å². The van der Waals surface area contributed by atoms with E-state index in [-0.39, 0.29) is 0 Å². The molecule has 1 aliphatic heterocycles. The summed E-state index contributed by atoms with van der Waals surface area (Å²) in [4.78, 5) is 2.35. The number of likely N-dealkylation sites (tertiary alicyclic amines) is 1. The van der Waals surface area contributed by atoms with Gasteiger partial charge in [-0.15, -0.1) is 0 Å². The van der Waals surface area contributed by atoms with Gasteiger partial charge in [0.2, 0.25) is 0 Å². The maximum absolute atomic E-state index is 3.44. The lowest BCUT2D eigenvalue weighted by atomic mass is 10.0. The lowest BCUT2D eigenvalue weighted by molar-refractivity contribution is 0.131. The summed E-state index contributed by atoms with van der Waals surface area (Å²) in [5.41, 5.74) is 0. The first-order valence-electron chi connectivity index (χ1n) is 4.10. The summed E-state index contributed by atoms with van der Waals surface area (Å²) in [5, 5.41) is 3.44. The van der Waals surface area contributed by atoms with Gasteiger partial charge in [-0.3, -0.25) is 0 Å². The second kappa shape index (κ2) is 3.35. The standard InChI is InChI=1S/C8H18N2/c1-7(2)9-4-8-5-10(3)6-8/h7-9H,4-6H2,1-3H3. The van der Waals surface area contributed by atoms with E-state index >= 15 is 0 Å². The highest BCUT2D eigenvalue weighted by molar-refractivity contribution is 4.78. The van der Waals surface area contributed by atoms with Crippen LogP contribution in [-0.4, -0.2) is 37.6 Å². The molecule has 0 atom stereocenters. The summed E-state index contributed by atoms with van der Waals surface area (Å²) in [7, 11) is 2.17. The number of rotatable bonds is 3. The number of hydrogen-bond donors (Lipinski definition) is 1. The molecule has 0 aliphatic carbocycles. The molecular formula is C8H18N2. The molecule has 0 bridgehead atoms. The first-order chi connectivity index (χ1) is 4.68. The predicted octanol–water partition coefficient (Wildman–Crippen LogP) is 0.546. The molecule has 0 amide bonds. The van der Waals surface area contributed by atoms with Crippen LogP contribution in [0.3, 0.4) is 0 Å². The van der Waals surface area contributed by atoms with Crippen molar-refractivity contribution in [1.29, 1.82) is 0 Å². The van der Waals surface area contributed by atoms with E-state index in [1.54, 1.807) is 0 Å². The Kier molecular flexibility index (Phi) is 2.69. The average molecular weight is 142 g/mol. The van der Waals surface area contributed by atoms with Crippen LogP contribution in [0.15, 0.2) is 0 Å². The monoisotopic (exact) mass is 142 g/mol. The molecule has 1 heterocycles. The van der Waals surface area contributed by atoms with E-state index in [9.17, 15) is 0 Å². The Balaban J connectivity index is 1.95. The van der Waals surface area contributed by atoms with Crippen LogP contribution in [0.5, 0.6) is 0 Å². The molecule has 10 heavy (non-hydrogen) atoms. The van der Waals surface area contributed by atoms with Crippen molar-refractivity contribution >= 4 is 0 Å². The summed E-state index contributed by atoms with van der Waals surface area (Å²) in [6.45, 7) is 8.15. The molecule has 1 saturated heterocycles. The quantitative estimate of drug-likeness (QED) is 0.619. The van der Waals surface area contributed by atoms with Crippen molar-refractivity contribution in [3.05, 3.63) is 0 Å². The van der Waals surface area contributed by atoms with E-state index in [0.717, 1.165) is 5.92 Å². The minimum absolute atomic E-state index is 0.644. The highest BCUT2D eigenvalue weighted by Crippen LogP contribution is 2.10. The SMILES string of the molecule is CC(C)NCC1CN(C)C1. The second-order valence-electron chi connectivity index (χ2n) is 3.65. The molecule has 0 spiro atoms. The Morgan fingerprint density at radius 1 is 1.50 bits per heavy atom. The van der Waals surface area contributed by atoms with Gasteiger partial charge < -0.3 is 10.2 Å². The molecule has 0 aromatic heterocycles. The third-order valence-electron chi connectivity index (χ3n) is 1.95. The number of nitrogens with zero attached hydrogens (tertiary/aromatic N) is 1. The zero-order valence-electron chi connectivity index (χ0n) is 7.22. The van der Waals surface area contributed by atoms with Crippen molar-refractivity contribution in [2.45, 2.75) is 19.9 Å². The molecule has 1 N–H and O–H groups in total. The third-order valence-corrected chi connectivity index (χ3v) is 1.95. The van der Waals surface area contributed by atoms with E-state index in [2.05, 4.69) is 31.1 Å². The Morgan fingerprint density at radius 2 is 2.10 bits per heavy atom. The van der Waals surface area contributed by atoms with Crippen LogP contribution in [0.2, 0.25) is 0 Å². The van der Waals surface area contributed by atoms with E-state index in [1.807, 2.05) is 0 Å². The van der Waals surface area contributed by atoms with E-state index in [0.29, 0.717) is 6.04 Å². The van der Waals surface area contributed by atoms with Gasteiger partial charge in [0.1, 0.15) is 0 Å². The Bertz CT molecular complexity index is 95.4. The second-order valence-corrected chi connectivity index (χ2v) is 3.65. The molecule has 1 fully saturated rings. The van der Waals surface area contributed by atoms with Crippen molar-refractivity contribution in [1.82, 2.24) is 10.2 Å². The summed E-state index contributed by atoms with van der Waals surface area (Å²) >= 11 is 0. The van der Waals surface area contributed by atoms with Gasteiger partial charge in [0, 0.05) is 25.7 Å². The van der Waals surface area contributed by atoms with Crippen LogP contribution < -0.4 is 5.32 Å². The molecule has 1 rings (SSSR count). The lowest BCUT2D eigenvalue weighted by Gasteiger charge is -2.36. The smallest absolute Gasteiger partial charge is 0.00312 e. The third kappa shape index (κ3) is 2.27. The fourth-order valence-electron chi connectivity index (χ4n) is 1.36. The largest absolute Gasteiger partial charge is 0.314 e. The fourth-order valence-corrected chi connectivity index (χ4v) is 1.36. The van der Waals surface area contributed by atoms with Gasteiger partial charge in [-0.05, 0) is 13.0 Å². The van der Waals surface area contributed by atoms with Gasteiger partial charge in [0.15, 0.2) is 0 Å². The Labute approximate surface area is 63.6 Å². The summed E-state index contributed by atoms with van der Waals surface area (Å²) in [6, 6.07) is 0.644. The molecule has 0 saturated carbocycles. The summed E-state index contributed by atoms with van der Waals surface area (Å²) in [5.74, 6) is 0.910. The van der Waals surface area contributed by atoms with Crippen molar-refractivity contribution < 1.29 is 0 Å². The first-order valence-corrected chi connectivity index (χ1v) is 4.10. The zero-order valence-corrected chi connectivity index (χ0v) is 7.22. The van der Waals surface area contributed by atoms with Gasteiger partial charge in [0.25, 0.3) is 0 Å². The van der Waals surface area contributed by atoms with Gasteiger partial charge in [-0.1, -0.05) is 13.8 Å². The lowest BCUT2D eigenvalue weighted by Crippen LogP contribution is -2.49. The van der Waals surface area contributed by atoms with E-state index in [4.69, 9.17) is 0 Å². The summed E-state index contributed by atoms with van der Waals surface area (Å²) in [6.07, 6.45) is 0. The topological polar surface area (TPSA) is 15.3 Å². The van der Waals surface area contributed by atoms with Crippen molar-refractivity contribution in [2.75, 3.05) is 26.7 Å². The molecule has 2 nitrogen and oxygen atoms in total. The molecule has 60 valence electrons. The van der Waals surface area contributed by atoms with E-state index < -0.39 is 0 Å². The molecule has 0 aromatic carbocycles. The molecular weight excluding hydrogens is 124 g/mol. The maximum Gasteiger partial charge on any atom is 0.00312 e. The molecule has 0 aromatic rings. The van der Waals surface area contributed by atoms with Crippen LogP contribution >= 0.6 is 0 Å². The highest BCUT2D eigenvalue weighted by Gasteiger charge is 2.22. The van der Waals surface area contributed by atoms with Crippen LogP contribution in [-0.2, 0) is 0 Å². The summed E-state index contributed by atoms with van der Waals surface area (Å²) < 4.78 is 0. The molecule has 1 aliphatic rings. The Morgan fingerprint density at radius 3 is 2.50 bits per heavy atom. The van der Waals surface area contributed by atoms with Crippen LogP contribution in [0.25, 0.3) is 0 Å². The maximum atomic E-state index is 3.44. The van der Waals surface area contributed by atoms with Gasteiger partial charge in [-0.25, -0.2) is 0 Å². The minimum atomic E-state index is 0.644. The van der Waals surface area contributed by atoms with Crippen LogP contribution in [0.4, 0.5) is 0 Å². The predicted molar refractivity (Wildman–Crippen MR) is 44.1 cm³/mol. The van der Waals surface area contributed by atoms with Gasteiger partial charge in [0.05, 0.1) is 0 Å². The first kappa shape index (κ1) is 8.02. The molecule has 0 radical (unpaired) electrons. The molecule has 0 unspecified atom stereocenters. The molecule has 2 heteroatoms. The van der Waals surface area contributed by atoms with Crippen molar-refractivity contribution in [3.8, 4) is 0 Å².